The molecule has 0 aromatic heterocycles. The molecule has 1 aliphatic rings. The zero-order chi connectivity index (χ0) is 28.4. The molecule has 0 unspecified atom stereocenters. The van der Waals surface area contributed by atoms with Gasteiger partial charge in [-0.3, -0.25) is 38.7 Å². The fraction of sp³-hybridized carbons (Fsp3) is 0.346. The molecule has 0 atom stereocenters. The number of carbonyl (C=O) groups is 5. The van der Waals surface area contributed by atoms with Crippen LogP contribution in [-0.4, -0.2) is 119 Å². The zero-order valence-corrected chi connectivity index (χ0v) is 21.2. The zero-order valence-electron chi connectivity index (χ0n) is 21.2. The van der Waals surface area contributed by atoms with Gasteiger partial charge in [-0.2, -0.15) is 0 Å². The first kappa shape index (κ1) is 29.2. The lowest BCUT2D eigenvalue weighted by molar-refractivity contribution is -0.140. The van der Waals surface area contributed by atoms with Crippen molar-refractivity contribution in [3.05, 3.63) is 48.5 Å². The predicted molar refractivity (Wildman–Crippen MR) is 141 cm³/mol. The second-order valence-electron chi connectivity index (χ2n) is 9.07. The van der Waals surface area contributed by atoms with Crippen LogP contribution >= 0.6 is 0 Å². The minimum atomic E-state index is -1.15. The van der Waals surface area contributed by atoms with Crippen LogP contribution < -0.4 is 10.6 Å². The van der Waals surface area contributed by atoms with Crippen molar-refractivity contribution in [2.45, 2.75) is 0 Å². The Bertz CT molecular complexity index is 1130. The van der Waals surface area contributed by atoms with Crippen molar-refractivity contribution < 1.29 is 39.3 Å². The molecule has 2 aromatic rings. The number of hydrogen-bond acceptors (Lipinski definition) is 8. The molecular formula is C26H31N5O8. The van der Waals surface area contributed by atoms with Crippen molar-refractivity contribution >= 4 is 41.1 Å². The molecule has 0 radical (unpaired) electrons. The van der Waals surface area contributed by atoms with Crippen molar-refractivity contribution in [2.24, 2.45) is 0 Å². The standard InChI is InChI=1S/C26H31N5O8/c32-22-13-30(16-25(36)37)11-9-29(15-24(34)35)10-12-31(17-26(38)39)14-23(33)28-21-8-4-2-6-19(21)18-5-1-3-7-20(18)27-22/h1-8H,9-17H2,(H,27,32)(H,28,33)(H,34,35)(H,36,37)(H,38,39). The summed E-state index contributed by atoms with van der Waals surface area (Å²) >= 11 is 0. The summed E-state index contributed by atoms with van der Waals surface area (Å²) in [6.07, 6.45) is 0. The van der Waals surface area contributed by atoms with Crippen molar-refractivity contribution in [1.29, 1.82) is 0 Å². The maximum absolute atomic E-state index is 13.0. The van der Waals surface area contributed by atoms with Crippen LogP contribution in [0.4, 0.5) is 11.4 Å². The molecule has 39 heavy (non-hydrogen) atoms. The maximum atomic E-state index is 13.0. The topological polar surface area (TPSA) is 180 Å². The van der Waals surface area contributed by atoms with Crippen LogP contribution in [-0.2, 0) is 24.0 Å². The third-order valence-electron chi connectivity index (χ3n) is 5.97. The number of nitrogens with zero attached hydrogens (tertiary/aromatic N) is 3. The van der Waals surface area contributed by atoms with E-state index < -0.39 is 42.8 Å². The summed E-state index contributed by atoms with van der Waals surface area (Å²) in [5, 5.41) is 33.7. The van der Waals surface area contributed by atoms with E-state index in [0.29, 0.717) is 22.5 Å². The lowest BCUT2D eigenvalue weighted by atomic mass is 10.0. The Morgan fingerprint density at radius 3 is 1.31 bits per heavy atom. The molecule has 1 heterocycles. The monoisotopic (exact) mass is 541 g/mol. The van der Waals surface area contributed by atoms with Crippen molar-refractivity contribution in [3.63, 3.8) is 0 Å². The number of aliphatic carboxylic acids is 3. The fourth-order valence-electron chi connectivity index (χ4n) is 4.28. The molecule has 0 spiro atoms. The fourth-order valence-corrected chi connectivity index (χ4v) is 4.28. The van der Waals surface area contributed by atoms with Gasteiger partial charge in [0.25, 0.3) is 0 Å². The number of carboxylic acids is 3. The SMILES string of the molecule is O=C(O)CN1CCN(CC(=O)O)CC(=O)Nc2ccccc2-c2ccccc2NC(=O)CN(CC(=O)O)CC1. The van der Waals surface area contributed by atoms with Crippen LogP contribution in [0.25, 0.3) is 11.1 Å². The number of para-hydroxylation sites is 2. The Morgan fingerprint density at radius 2 is 0.923 bits per heavy atom. The van der Waals surface area contributed by atoms with E-state index in [0.717, 1.165) is 0 Å². The summed E-state index contributed by atoms with van der Waals surface area (Å²) in [5.74, 6) is -4.35. The van der Waals surface area contributed by atoms with E-state index in [-0.39, 0.29) is 45.8 Å². The van der Waals surface area contributed by atoms with E-state index in [4.69, 9.17) is 0 Å². The second-order valence-corrected chi connectivity index (χ2v) is 9.07. The molecule has 5 N–H and O–H groups in total. The Balaban J connectivity index is 1.99. The number of carbonyl (C=O) groups excluding carboxylic acids is 2. The lowest BCUT2D eigenvalue weighted by Crippen LogP contribution is -2.46. The highest BCUT2D eigenvalue weighted by Crippen LogP contribution is 2.33. The second kappa shape index (κ2) is 14.0. The molecule has 0 aliphatic carbocycles. The van der Waals surface area contributed by atoms with E-state index in [1.54, 1.807) is 48.5 Å². The van der Waals surface area contributed by atoms with Gasteiger partial charge in [0.15, 0.2) is 0 Å². The third-order valence-corrected chi connectivity index (χ3v) is 5.97. The average molecular weight is 542 g/mol. The average Bonchev–Trinajstić information content (AvgIpc) is 2.84. The molecule has 0 saturated heterocycles. The van der Waals surface area contributed by atoms with Crippen LogP contribution in [0.5, 0.6) is 0 Å². The number of anilines is 2. The minimum Gasteiger partial charge on any atom is -0.480 e. The van der Waals surface area contributed by atoms with E-state index in [1.807, 2.05) is 0 Å². The number of nitrogens with one attached hydrogen (secondary N) is 2. The Labute approximate surface area is 224 Å². The molecule has 13 nitrogen and oxygen atoms in total. The molecule has 2 aromatic carbocycles. The Kier molecular flexibility index (Phi) is 10.5. The van der Waals surface area contributed by atoms with Gasteiger partial charge in [-0.1, -0.05) is 36.4 Å². The first-order valence-electron chi connectivity index (χ1n) is 12.2. The number of hydrogen-bond donors (Lipinski definition) is 5. The van der Waals surface area contributed by atoms with E-state index in [1.165, 1.54) is 14.7 Å². The third kappa shape index (κ3) is 9.48. The van der Waals surface area contributed by atoms with Gasteiger partial charge in [0.1, 0.15) is 0 Å². The van der Waals surface area contributed by atoms with Gasteiger partial charge in [0.05, 0.1) is 32.7 Å². The summed E-state index contributed by atoms with van der Waals surface area (Å²) in [6.45, 7) is -1.46. The Morgan fingerprint density at radius 1 is 0.590 bits per heavy atom. The summed E-state index contributed by atoms with van der Waals surface area (Å²) in [5.41, 5.74) is 2.13. The van der Waals surface area contributed by atoms with Crippen LogP contribution in [0.3, 0.4) is 0 Å². The number of fused-ring (bicyclic) bond motifs is 3. The summed E-state index contributed by atoms with van der Waals surface area (Å²) in [7, 11) is 0. The van der Waals surface area contributed by atoms with Gasteiger partial charge in [-0.05, 0) is 12.1 Å². The van der Waals surface area contributed by atoms with Crippen molar-refractivity contribution in [1.82, 2.24) is 14.7 Å². The van der Waals surface area contributed by atoms with Gasteiger partial charge in [0, 0.05) is 48.7 Å². The van der Waals surface area contributed by atoms with Crippen molar-refractivity contribution in [2.75, 3.05) is 69.5 Å². The first-order valence-corrected chi connectivity index (χ1v) is 12.2. The molecule has 0 saturated carbocycles. The number of carboxylic acid groups (broad SMARTS) is 3. The van der Waals surface area contributed by atoms with Gasteiger partial charge >= 0.3 is 17.9 Å². The van der Waals surface area contributed by atoms with E-state index in [9.17, 15) is 39.3 Å². The van der Waals surface area contributed by atoms with Gasteiger partial charge in [0.2, 0.25) is 11.8 Å². The quantitative estimate of drug-likeness (QED) is 0.342. The largest absolute Gasteiger partial charge is 0.480 e. The first-order chi connectivity index (χ1) is 18.6. The molecule has 13 heteroatoms. The molecule has 3 rings (SSSR count). The van der Waals surface area contributed by atoms with E-state index in [2.05, 4.69) is 10.6 Å². The molecule has 2 amide bonds. The molecule has 1 aliphatic heterocycles. The van der Waals surface area contributed by atoms with Gasteiger partial charge in [-0.25, -0.2) is 0 Å². The lowest BCUT2D eigenvalue weighted by Gasteiger charge is -2.27. The van der Waals surface area contributed by atoms with Crippen LogP contribution in [0.1, 0.15) is 0 Å². The number of rotatable bonds is 6. The normalized spacial score (nSPS) is 16.7. The van der Waals surface area contributed by atoms with Gasteiger partial charge < -0.3 is 26.0 Å². The number of amides is 2. The Hall–Kier alpha value is -4.33. The van der Waals surface area contributed by atoms with Gasteiger partial charge in [-0.15, -0.1) is 0 Å². The van der Waals surface area contributed by atoms with Crippen LogP contribution in [0, 0.1) is 0 Å². The summed E-state index contributed by atoms with van der Waals surface area (Å²) in [4.78, 5) is 64.6. The van der Waals surface area contributed by atoms with Crippen LogP contribution in [0.15, 0.2) is 48.5 Å². The highest BCUT2D eigenvalue weighted by molar-refractivity contribution is 6.01. The smallest absolute Gasteiger partial charge is 0.317 e. The maximum Gasteiger partial charge on any atom is 0.317 e. The minimum absolute atomic E-state index is 0.0664. The molecule has 0 bridgehead atoms. The summed E-state index contributed by atoms with van der Waals surface area (Å²) < 4.78 is 0. The highest BCUT2D eigenvalue weighted by Gasteiger charge is 2.21. The van der Waals surface area contributed by atoms with E-state index >= 15 is 0 Å². The predicted octanol–water partition coefficient (Wildman–Crippen LogP) is 0.404. The highest BCUT2D eigenvalue weighted by atomic mass is 16.4. The van der Waals surface area contributed by atoms with Crippen LogP contribution in [0.2, 0.25) is 0 Å². The summed E-state index contributed by atoms with van der Waals surface area (Å²) in [6, 6.07) is 13.9. The number of benzene rings is 2. The molecule has 0 fully saturated rings. The van der Waals surface area contributed by atoms with Crippen molar-refractivity contribution in [3.8, 4) is 11.1 Å². The molecular weight excluding hydrogens is 510 g/mol. The molecule has 208 valence electrons.